The SMILES string of the molecule is Cc1ccc(C)c(C(C)N2CCCC(CN)C2)c1. The maximum Gasteiger partial charge on any atom is 0.0322 e. The van der Waals surface area contributed by atoms with E-state index in [1.807, 2.05) is 0 Å². The molecular weight excluding hydrogens is 220 g/mol. The van der Waals surface area contributed by atoms with E-state index in [2.05, 4.69) is 43.9 Å². The number of piperidine rings is 1. The minimum atomic E-state index is 0.513. The van der Waals surface area contributed by atoms with Gasteiger partial charge in [-0.3, -0.25) is 4.90 Å². The number of nitrogens with two attached hydrogens (primary N) is 1. The average molecular weight is 246 g/mol. The molecule has 2 unspecified atom stereocenters. The van der Waals surface area contributed by atoms with Gasteiger partial charge in [-0.2, -0.15) is 0 Å². The zero-order chi connectivity index (χ0) is 13.1. The first kappa shape index (κ1) is 13.6. The van der Waals surface area contributed by atoms with E-state index in [4.69, 9.17) is 5.73 Å². The van der Waals surface area contributed by atoms with Gasteiger partial charge in [-0.15, -0.1) is 0 Å². The lowest BCUT2D eigenvalue weighted by atomic mass is 9.93. The number of hydrogen-bond donors (Lipinski definition) is 1. The number of benzene rings is 1. The Morgan fingerprint density at radius 2 is 2.17 bits per heavy atom. The first-order valence-corrected chi connectivity index (χ1v) is 7.13. The van der Waals surface area contributed by atoms with Gasteiger partial charge in [-0.1, -0.05) is 23.8 Å². The predicted octanol–water partition coefficient (Wildman–Crippen LogP) is 3.04. The lowest BCUT2D eigenvalue weighted by Crippen LogP contribution is -2.39. The lowest BCUT2D eigenvalue weighted by Gasteiger charge is -2.37. The highest BCUT2D eigenvalue weighted by molar-refractivity contribution is 5.32. The second-order valence-corrected chi connectivity index (χ2v) is 5.77. The topological polar surface area (TPSA) is 29.3 Å². The molecule has 0 amide bonds. The standard InChI is InChI=1S/C16H26N2/c1-12-6-7-13(2)16(9-12)14(3)18-8-4-5-15(10-17)11-18/h6-7,9,14-15H,4-5,8,10-11,17H2,1-3H3. The van der Waals surface area contributed by atoms with Crippen molar-refractivity contribution in [1.82, 2.24) is 4.90 Å². The Morgan fingerprint density at radius 1 is 1.39 bits per heavy atom. The van der Waals surface area contributed by atoms with Crippen LogP contribution in [0.15, 0.2) is 18.2 Å². The Kier molecular flexibility index (Phi) is 4.41. The van der Waals surface area contributed by atoms with Gasteiger partial charge in [0.2, 0.25) is 0 Å². The molecule has 1 aliphatic heterocycles. The summed E-state index contributed by atoms with van der Waals surface area (Å²) < 4.78 is 0. The fourth-order valence-corrected chi connectivity index (χ4v) is 3.05. The predicted molar refractivity (Wildman–Crippen MR) is 77.7 cm³/mol. The average Bonchev–Trinajstić information content (AvgIpc) is 2.41. The summed E-state index contributed by atoms with van der Waals surface area (Å²) in [7, 11) is 0. The van der Waals surface area contributed by atoms with Crippen molar-refractivity contribution in [3.63, 3.8) is 0 Å². The van der Waals surface area contributed by atoms with Gasteiger partial charge >= 0.3 is 0 Å². The molecule has 0 aromatic heterocycles. The lowest BCUT2D eigenvalue weighted by molar-refractivity contribution is 0.134. The molecule has 1 heterocycles. The monoisotopic (exact) mass is 246 g/mol. The van der Waals surface area contributed by atoms with Crippen molar-refractivity contribution in [1.29, 1.82) is 0 Å². The summed E-state index contributed by atoms with van der Waals surface area (Å²) in [6, 6.07) is 7.29. The highest BCUT2D eigenvalue weighted by atomic mass is 15.2. The molecule has 1 fully saturated rings. The summed E-state index contributed by atoms with van der Waals surface area (Å²) in [6.07, 6.45) is 2.59. The zero-order valence-electron chi connectivity index (χ0n) is 11.9. The van der Waals surface area contributed by atoms with Crippen molar-refractivity contribution in [2.24, 2.45) is 11.7 Å². The van der Waals surface area contributed by atoms with E-state index >= 15 is 0 Å². The Hall–Kier alpha value is -0.860. The van der Waals surface area contributed by atoms with Crippen LogP contribution < -0.4 is 5.73 Å². The van der Waals surface area contributed by atoms with Gasteiger partial charge in [0.05, 0.1) is 0 Å². The van der Waals surface area contributed by atoms with Gasteiger partial charge in [0.1, 0.15) is 0 Å². The van der Waals surface area contributed by atoms with Crippen molar-refractivity contribution in [3.8, 4) is 0 Å². The second-order valence-electron chi connectivity index (χ2n) is 5.77. The molecule has 0 saturated carbocycles. The van der Waals surface area contributed by atoms with Gasteiger partial charge in [0, 0.05) is 12.6 Å². The Bertz CT molecular complexity index is 400. The van der Waals surface area contributed by atoms with E-state index in [9.17, 15) is 0 Å². The third kappa shape index (κ3) is 2.93. The van der Waals surface area contributed by atoms with Crippen LogP contribution in [-0.2, 0) is 0 Å². The van der Waals surface area contributed by atoms with Gasteiger partial charge in [0.15, 0.2) is 0 Å². The summed E-state index contributed by atoms with van der Waals surface area (Å²) in [5.74, 6) is 0.686. The molecule has 0 spiro atoms. The van der Waals surface area contributed by atoms with Gasteiger partial charge in [-0.05, 0) is 63.7 Å². The van der Waals surface area contributed by atoms with E-state index in [0.717, 1.165) is 13.1 Å². The van der Waals surface area contributed by atoms with E-state index in [-0.39, 0.29) is 0 Å². The maximum absolute atomic E-state index is 5.83. The molecule has 1 aromatic rings. The summed E-state index contributed by atoms with van der Waals surface area (Å²) >= 11 is 0. The maximum atomic E-state index is 5.83. The fraction of sp³-hybridized carbons (Fsp3) is 0.625. The molecule has 18 heavy (non-hydrogen) atoms. The molecule has 1 saturated heterocycles. The summed E-state index contributed by atoms with van der Waals surface area (Å²) in [5.41, 5.74) is 10.1. The molecule has 2 rings (SSSR count). The van der Waals surface area contributed by atoms with Crippen molar-refractivity contribution >= 4 is 0 Å². The minimum absolute atomic E-state index is 0.513. The number of hydrogen-bond acceptors (Lipinski definition) is 2. The van der Waals surface area contributed by atoms with E-state index < -0.39 is 0 Å². The van der Waals surface area contributed by atoms with Gasteiger partial charge in [0.25, 0.3) is 0 Å². The first-order chi connectivity index (χ1) is 8.61. The van der Waals surface area contributed by atoms with Crippen molar-refractivity contribution in [2.75, 3.05) is 19.6 Å². The molecular formula is C16H26N2. The van der Waals surface area contributed by atoms with E-state index in [1.165, 1.54) is 36.1 Å². The molecule has 2 N–H and O–H groups in total. The molecule has 100 valence electrons. The summed E-state index contributed by atoms with van der Waals surface area (Å²) in [4.78, 5) is 2.60. The number of nitrogens with zero attached hydrogens (tertiary/aromatic N) is 1. The molecule has 1 aliphatic rings. The largest absolute Gasteiger partial charge is 0.330 e. The highest BCUT2D eigenvalue weighted by Crippen LogP contribution is 2.28. The van der Waals surface area contributed by atoms with Crippen LogP contribution in [-0.4, -0.2) is 24.5 Å². The zero-order valence-corrected chi connectivity index (χ0v) is 11.9. The van der Waals surface area contributed by atoms with Gasteiger partial charge in [-0.25, -0.2) is 0 Å². The molecule has 0 aliphatic carbocycles. The van der Waals surface area contributed by atoms with Crippen molar-refractivity contribution in [3.05, 3.63) is 34.9 Å². The Labute approximate surface area is 111 Å². The van der Waals surface area contributed by atoms with E-state index in [0.29, 0.717) is 12.0 Å². The molecule has 0 radical (unpaired) electrons. The van der Waals surface area contributed by atoms with Crippen molar-refractivity contribution < 1.29 is 0 Å². The number of rotatable bonds is 3. The van der Waals surface area contributed by atoms with E-state index in [1.54, 1.807) is 0 Å². The second kappa shape index (κ2) is 5.85. The Balaban J connectivity index is 2.14. The van der Waals surface area contributed by atoms with Crippen LogP contribution in [0.2, 0.25) is 0 Å². The molecule has 2 atom stereocenters. The van der Waals surface area contributed by atoms with Crippen LogP contribution in [0, 0.1) is 19.8 Å². The normalized spacial score (nSPS) is 23.0. The molecule has 2 nitrogen and oxygen atoms in total. The minimum Gasteiger partial charge on any atom is -0.330 e. The molecule has 2 heteroatoms. The van der Waals surface area contributed by atoms with Crippen molar-refractivity contribution in [2.45, 2.75) is 39.7 Å². The quantitative estimate of drug-likeness (QED) is 0.888. The third-order valence-electron chi connectivity index (χ3n) is 4.32. The summed E-state index contributed by atoms with van der Waals surface area (Å²) in [6.45, 7) is 9.93. The van der Waals surface area contributed by atoms with Crippen LogP contribution in [0.25, 0.3) is 0 Å². The van der Waals surface area contributed by atoms with Gasteiger partial charge < -0.3 is 5.73 Å². The molecule has 1 aromatic carbocycles. The first-order valence-electron chi connectivity index (χ1n) is 7.13. The van der Waals surface area contributed by atoms with Crippen LogP contribution in [0.5, 0.6) is 0 Å². The number of likely N-dealkylation sites (tertiary alicyclic amines) is 1. The fourth-order valence-electron chi connectivity index (χ4n) is 3.05. The smallest absolute Gasteiger partial charge is 0.0322 e. The molecule has 0 bridgehead atoms. The van der Waals surface area contributed by atoms with Crippen LogP contribution in [0.4, 0.5) is 0 Å². The van der Waals surface area contributed by atoms with Crippen LogP contribution >= 0.6 is 0 Å². The summed E-state index contributed by atoms with van der Waals surface area (Å²) in [5, 5.41) is 0. The Morgan fingerprint density at radius 3 is 2.89 bits per heavy atom. The highest BCUT2D eigenvalue weighted by Gasteiger charge is 2.24. The third-order valence-corrected chi connectivity index (χ3v) is 4.32. The van der Waals surface area contributed by atoms with Crippen LogP contribution in [0.1, 0.15) is 42.5 Å². The number of aryl methyl sites for hydroxylation is 2. The van der Waals surface area contributed by atoms with Crippen LogP contribution in [0.3, 0.4) is 0 Å².